The molecule has 0 radical (unpaired) electrons. The number of aromatic nitrogens is 2. The lowest BCUT2D eigenvalue weighted by Gasteiger charge is -2.05. The van der Waals surface area contributed by atoms with Gasteiger partial charge in [0, 0.05) is 12.1 Å². The third-order valence-electron chi connectivity index (χ3n) is 3.22. The van der Waals surface area contributed by atoms with E-state index in [1.165, 1.54) is 0 Å². The number of ether oxygens (including phenoxy) is 1. The summed E-state index contributed by atoms with van der Waals surface area (Å²) in [5.41, 5.74) is 7.64. The van der Waals surface area contributed by atoms with Gasteiger partial charge in [-0.15, -0.1) is 0 Å². The first-order valence-electron chi connectivity index (χ1n) is 6.38. The molecule has 1 atom stereocenters. The molecule has 2 N–H and O–H groups in total. The molecule has 1 aromatic heterocycles. The number of nitrogens with two attached hydrogens (primary N) is 1. The zero-order valence-corrected chi connectivity index (χ0v) is 11.5. The number of nitrogens with zero attached hydrogens (tertiary/aromatic N) is 2. The number of methoxy groups -OCH3 is 1. The van der Waals surface area contributed by atoms with Crippen molar-refractivity contribution >= 4 is 0 Å². The van der Waals surface area contributed by atoms with E-state index in [9.17, 15) is 0 Å². The van der Waals surface area contributed by atoms with Crippen molar-refractivity contribution in [3.63, 3.8) is 0 Å². The van der Waals surface area contributed by atoms with Gasteiger partial charge in [-0.3, -0.25) is 0 Å². The maximum Gasteiger partial charge on any atom is 0.231 e. The Morgan fingerprint density at radius 3 is 2.79 bits per heavy atom. The highest BCUT2D eigenvalue weighted by Gasteiger charge is 2.16. The fourth-order valence-electron chi connectivity index (χ4n) is 1.98. The topological polar surface area (TPSA) is 74.2 Å². The van der Waals surface area contributed by atoms with Gasteiger partial charge in [0.15, 0.2) is 0 Å². The van der Waals surface area contributed by atoms with E-state index in [0.29, 0.717) is 18.3 Å². The zero-order chi connectivity index (χ0) is 13.8. The van der Waals surface area contributed by atoms with Gasteiger partial charge >= 0.3 is 0 Å². The highest BCUT2D eigenvalue weighted by atomic mass is 16.5. The molecule has 0 spiro atoms. The largest absolute Gasteiger partial charge is 0.496 e. The summed E-state index contributed by atoms with van der Waals surface area (Å²) in [5.74, 6) is 2.17. The second-order valence-electron chi connectivity index (χ2n) is 4.48. The van der Waals surface area contributed by atoms with Crippen LogP contribution in [-0.2, 0) is 0 Å². The molecule has 1 heterocycles. The highest BCUT2D eigenvalue weighted by Crippen LogP contribution is 2.25. The number of aryl methyl sites for hydroxylation is 1. The maximum absolute atomic E-state index is 5.68. The number of rotatable bonds is 5. The average molecular weight is 261 g/mol. The molecule has 5 heteroatoms. The summed E-state index contributed by atoms with van der Waals surface area (Å²) in [5, 5.41) is 4.02. The summed E-state index contributed by atoms with van der Waals surface area (Å²) in [4.78, 5) is 4.42. The third kappa shape index (κ3) is 2.76. The van der Waals surface area contributed by atoms with E-state index in [-0.39, 0.29) is 5.92 Å². The average Bonchev–Trinajstić information content (AvgIpc) is 2.90. The molecule has 19 heavy (non-hydrogen) atoms. The van der Waals surface area contributed by atoms with E-state index < -0.39 is 0 Å². The van der Waals surface area contributed by atoms with Gasteiger partial charge in [0.25, 0.3) is 0 Å². The van der Waals surface area contributed by atoms with Crippen molar-refractivity contribution in [1.29, 1.82) is 0 Å². The molecule has 0 amide bonds. The molecule has 0 saturated heterocycles. The minimum absolute atomic E-state index is 0.126. The van der Waals surface area contributed by atoms with E-state index in [1.807, 2.05) is 25.1 Å². The monoisotopic (exact) mass is 261 g/mol. The molecule has 0 aliphatic rings. The van der Waals surface area contributed by atoms with Crippen molar-refractivity contribution < 1.29 is 9.26 Å². The van der Waals surface area contributed by atoms with Gasteiger partial charge in [-0.2, -0.15) is 4.98 Å². The van der Waals surface area contributed by atoms with Gasteiger partial charge in [-0.05, 0) is 37.1 Å². The second-order valence-corrected chi connectivity index (χ2v) is 4.48. The normalized spacial score (nSPS) is 12.4. The molecule has 0 fully saturated rings. The third-order valence-corrected chi connectivity index (χ3v) is 3.22. The van der Waals surface area contributed by atoms with Crippen LogP contribution in [0.15, 0.2) is 22.7 Å². The van der Waals surface area contributed by atoms with Crippen molar-refractivity contribution in [2.24, 2.45) is 5.73 Å². The molecule has 0 bridgehead atoms. The van der Waals surface area contributed by atoms with Crippen LogP contribution in [0.25, 0.3) is 11.4 Å². The molecule has 1 unspecified atom stereocenters. The number of hydrogen-bond acceptors (Lipinski definition) is 5. The second kappa shape index (κ2) is 5.84. The van der Waals surface area contributed by atoms with E-state index in [0.717, 1.165) is 23.3 Å². The molecule has 1 aromatic carbocycles. The summed E-state index contributed by atoms with van der Waals surface area (Å²) in [7, 11) is 1.65. The lowest BCUT2D eigenvalue weighted by Crippen LogP contribution is -2.11. The highest BCUT2D eigenvalue weighted by molar-refractivity contribution is 5.58. The number of hydrogen-bond donors (Lipinski definition) is 1. The Hall–Kier alpha value is -1.88. The zero-order valence-electron chi connectivity index (χ0n) is 11.5. The summed E-state index contributed by atoms with van der Waals surface area (Å²) in [6.07, 6.45) is 0.889. The number of benzene rings is 1. The summed E-state index contributed by atoms with van der Waals surface area (Å²) in [6.45, 7) is 4.55. The Bertz CT molecular complexity index is 547. The van der Waals surface area contributed by atoms with E-state index >= 15 is 0 Å². The van der Waals surface area contributed by atoms with E-state index in [1.54, 1.807) is 7.11 Å². The summed E-state index contributed by atoms with van der Waals surface area (Å²) < 4.78 is 10.5. The fraction of sp³-hybridized carbons (Fsp3) is 0.429. The molecule has 0 aliphatic heterocycles. The van der Waals surface area contributed by atoms with Crippen molar-refractivity contribution in [3.05, 3.63) is 29.7 Å². The molecule has 5 nitrogen and oxygen atoms in total. The van der Waals surface area contributed by atoms with Crippen LogP contribution >= 0.6 is 0 Å². The van der Waals surface area contributed by atoms with Crippen LogP contribution < -0.4 is 10.5 Å². The lowest BCUT2D eigenvalue weighted by molar-refractivity contribution is 0.351. The molecule has 102 valence electrons. The van der Waals surface area contributed by atoms with Gasteiger partial charge in [0.2, 0.25) is 11.7 Å². The Kier molecular flexibility index (Phi) is 4.16. The Balaban J connectivity index is 2.30. The van der Waals surface area contributed by atoms with Gasteiger partial charge in [-0.25, -0.2) is 0 Å². The van der Waals surface area contributed by atoms with Crippen LogP contribution in [0.1, 0.15) is 30.7 Å². The van der Waals surface area contributed by atoms with Crippen LogP contribution in [-0.4, -0.2) is 23.8 Å². The Morgan fingerprint density at radius 1 is 1.42 bits per heavy atom. The van der Waals surface area contributed by atoms with Crippen LogP contribution in [0.3, 0.4) is 0 Å². The first-order valence-corrected chi connectivity index (χ1v) is 6.38. The standard InChI is InChI=1S/C14H19N3O2/c1-4-10(8-15)14-16-13(17-19-14)11-5-6-12(18-3)9(2)7-11/h5-7,10H,4,8,15H2,1-3H3. The summed E-state index contributed by atoms with van der Waals surface area (Å²) in [6, 6.07) is 5.81. The summed E-state index contributed by atoms with van der Waals surface area (Å²) >= 11 is 0. The van der Waals surface area contributed by atoms with Crippen molar-refractivity contribution in [1.82, 2.24) is 10.1 Å². The predicted molar refractivity (Wildman–Crippen MR) is 73.1 cm³/mol. The molecular weight excluding hydrogens is 242 g/mol. The molecule has 2 rings (SSSR count). The van der Waals surface area contributed by atoms with Crippen molar-refractivity contribution in [2.45, 2.75) is 26.2 Å². The van der Waals surface area contributed by atoms with Gasteiger partial charge in [0.05, 0.1) is 13.0 Å². The minimum Gasteiger partial charge on any atom is -0.496 e. The van der Waals surface area contributed by atoms with Gasteiger partial charge in [-0.1, -0.05) is 12.1 Å². The molecule has 0 aliphatic carbocycles. The van der Waals surface area contributed by atoms with Gasteiger partial charge < -0.3 is 15.0 Å². The fourth-order valence-corrected chi connectivity index (χ4v) is 1.98. The quantitative estimate of drug-likeness (QED) is 0.895. The smallest absolute Gasteiger partial charge is 0.231 e. The van der Waals surface area contributed by atoms with Crippen LogP contribution in [0.2, 0.25) is 0 Å². The Labute approximate surface area is 112 Å². The molecule has 0 saturated carbocycles. The first kappa shape index (κ1) is 13.5. The van der Waals surface area contributed by atoms with E-state index in [2.05, 4.69) is 17.1 Å². The minimum atomic E-state index is 0.126. The SMILES string of the molecule is CCC(CN)c1nc(-c2ccc(OC)c(C)c2)no1. The molecule has 2 aromatic rings. The van der Waals surface area contributed by atoms with Crippen LogP contribution in [0, 0.1) is 6.92 Å². The Morgan fingerprint density at radius 2 is 2.21 bits per heavy atom. The van der Waals surface area contributed by atoms with Gasteiger partial charge in [0.1, 0.15) is 5.75 Å². The van der Waals surface area contributed by atoms with Crippen molar-refractivity contribution in [2.75, 3.05) is 13.7 Å². The van der Waals surface area contributed by atoms with Crippen molar-refractivity contribution in [3.8, 4) is 17.1 Å². The van der Waals surface area contributed by atoms with E-state index in [4.69, 9.17) is 15.0 Å². The van der Waals surface area contributed by atoms with Crippen LogP contribution in [0.4, 0.5) is 0 Å². The predicted octanol–water partition coefficient (Wildman–Crippen LogP) is 2.51. The maximum atomic E-state index is 5.68. The molecular formula is C14H19N3O2. The first-order chi connectivity index (χ1) is 9.19. The lowest BCUT2D eigenvalue weighted by atomic mass is 10.1. The van der Waals surface area contributed by atoms with Crippen LogP contribution in [0.5, 0.6) is 5.75 Å².